The first-order valence-corrected chi connectivity index (χ1v) is 13.3. The molecule has 0 amide bonds. The van der Waals surface area contributed by atoms with Crippen molar-refractivity contribution in [3.63, 3.8) is 0 Å². The Bertz CT molecular complexity index is 465. The molecule has 0 spiro atoms. The standard InChI is InChI=1S/C26H47ClO3/c1-4-5-6-7-8-9-10-11-12-13-14-15-16-17-18-19-20-22-25(24-23(21-27)28-24)30-26(2,3)29-22/h12-13,22-25H,4-11,14-21H2,1-3H3/b13-12-/t22-,23+,24-,25-/m0/s1. The third-order valence-corrected chi connectivity index (χ3v) is 6.62. The summed E-state index contributed by atoms with van der Waals surface area (Å²) in [5, 5.41) is 0. The zero-order valence-corrected chi connectivity index (χ0v) is 20.6. The van der Waals surface area contributed by atoms with E-state index in [0.29, 0.717) is 5.88 Å². The van der Waals surface area contributed by atoms with Gasteiger partial charge in [0, 0.05) is 0 Å². The zero-order chi connectivity index (χ0) is 21.7. The van der Waals surface area contributed by atoms with Crippen LogP contribution in [0.3, 0.4) is 0 Å². The lowest BCUT2D eigenvalue weighted by molar-refractivity contribution is -0.148. The van der Waals surface area contributed by atoms with Crippen LogP contribution in [0, 0.1) is 0 Å². The molecule has 2 fully saturated rings. The summed E-state index contributed by atoms with van der Waals surface area (Å²) in [6.45, 7) is 6.28. The van der Waals surface area contributed by atoms with Gasteiger partial charge in [0.05, 0.1) is 12.0 Å². The lowest BCUT2D eigenvalue weighted by atomic mass is 10.0. The first kappa shape index (κ1) is 26.2. The molecule has 4 heteroatoms. The van der Waals surface area contributed by atoms with Gasteiger partial charge in [-0.25, -0.2) is 0 Å². The van der Waals surface area contributed by atoms with Gasteiger partial charge in [0.15, 0.2) is 5.79 Å². The van der Waals surface area contributed by atoms with E-state index in [1.807, 2.05) is 13.8 Å². The van der Waals surface area contributed by atoms with Gasteiger partial charge in [0.1, 0.15) is 18.3 Å². The van der Waals surface area contributed by atoms with Crippen LogP contribution in [-0.2, 0) is 14.2 Å². The SMILES string of the molecule is CCCCCCCCC/C=C\CCCCCCC[C@@H]1OC(C)(C)O[C@@H]1[C@H]1O[C@@H]1CCl. The van der Waals surface area contributed by atoms with Gasteiger partial charge >= 0.3 is 0 Å². The number of epoxide rings is 1. The largest absolute Gasteiger partial charge is 0.365 e. The lowest BCUT2D eigenvalue weighted by Gasteiger charge is -2.16. The molecule has 0 aromatic carbocycles. The Hall–Kier alpha value is -0.0900. The number of hydrogen-bond acceptors (Lipinski definition) is 3. The van der Waals surface area contributed by atoms with Gasteiger partial charge in [0.25, 0.3) is 0 Å². The van der Waals surface area contributed by atoms with E-state index >= 15 is 0 Å². The second kappa shape index (κ2) is 14.9. The maximum atomic E-state index is 6.13. The quantitative estimate of drug-likeness (QED) is 0.0933. The van der Waals surface area contributed by atoms with E-state index in [9.17, 15) is 0 Å². The van der Waals surface area contributed by atoms with E-state index in [1.54, 1.807) is 0 Å². The molecular weight excluding hydrogens is 396 g/mol. The Balaban J connectivity index is 1.40. The molecule has 2 aliphatic heterocycles. The summed E-state index contributed by atoms with van der Waals surface area (Å²) in [6, 6.07) is 0. The van der Waals surface area contributed by atoms with E-state index < -0.39 is 5.79 Å². The maximum Gasteiger partial charge on any atom is 0.163 e. The van der Waals surface area contributed by atoms with Crippen LogP contribution in [0.4, 0.5) is 0 Å². The Kier molecular flexibility index (Phi) is 13.0. The van der Waals surface area contributed by atoms with Crippen molar-refractivity contribution in [3.8, 4) is 0 Å². The highest BCUT2D eigenvalue weighted by molar-refractivity contribution is 6.18. The molecular formula is C26H47ClO3. The second-order valence-corrected chi connectivity index (χ2v) is 9.97. The summed E-state index contributed by atoms with van der Waals surface area (Å²) in [7, 11) is 0. The van der Waals surface area contributed by atoms with Crippen molar-refractivity contribution in [2.45, 2.75) is 147 Å². The molecule has 0 aliphatic carbocycles. The van der Waals surface area contributed by atoms with Gasteiger partial charge in [-0.2, -0.15) is 0 Å². The van der Waals surface area contributed by atoms with Gasteiger partial charge in [-0.15, -0.1) is 11.6 Å². The molecule has 2 saturated heterocycles. The van der Waals surface area contributed by atoms with Crippen LogP contribution >= 0.6 is 11.6 Å². The first-order chi connectivity index (χ1) is 14.6. The van der Waals surface area contributed by atoms with Crippen molar-refractivity contribution in [2.24, 2.45) is 0 Å². The number of rotatable bonds is 18. The summed E-state index contributed by atoms with van der Waals surface area (Å²) < 4.78 is 17.9. The highest BCUT2D eigenvalue weighted by atomic mass is 35.5. The van der Waals surface area contributed by atoms with E-state index in [0.717, 1.165) is 6.42 Å². The lowest BCUT2D eigenvalue weighted by Crippen LogP contribution is -2.29. The molecule has 2 rings (SSSR count). The van der Waals surface area contributed by atoms with Crippen molar-refractivity contribution in [3.05, 3.63) is 12.2 Å². The summed E-state index contributed by atoms with van der Waals surface area (Å²) in [5.74, 6) is 0.0463. The van der Waals surface area contributed by atoms with Crippen LogP contribution in [0.25, 0.3) is 0 Å². The van der Waals surface area contributed by atoms with Crippen LogP contribution in [-0.4, -0.2) is 36.1 Å². The number of alkyl halides is 1. The summed E-state index contributed by atoms with van der Waals surface area (Å²) in [4.78, 5) is 0. The molecule has 0 saturated carbocycles. The molecule has 0 aromatic rings. The van der Waals surface area contributed by atoms with Gasteiger partial charge in [-0.05, 0) is 46.0 Å². The van der Waals surface area contributed by atoms with Crippen molar-refractivity contribution < 1.29 is 14.2 Å². The number of halogens is 1. The molecule has 0 unspecified atom stereocenters. The van der Waals surface area contributed by atoms with Crippen LogP contribution in [0.5, 0.6) is 0 Å². The number of hydrogen-bond donors (Lipinski definition) is 0. The van der Waals surface area contributed by atoms with Crippen molar-refractivity contribution in [1.29, 1.82) is 0 Å². The predicted octanol–water partition coefficient (Wildman–Crippen LogP) is 7.94. The third kappa shape index (κ3) is 10.5. The Labute approximate surface area is 191 Å². The smallest absolute Gasteiger partial charge is 0.163 e. The summed E-state index contributed by atoms with van der Waals surface area (Å²) >= 11 is 5.92. The highest BCUT2D eigenvalue weighted by Gasteiger charge is 2.54. The number of unbranched alkanes of at least 4 members (excludes halogenated alkanes) is 12. The number of ether oxygens (including phenoxy) is 3. The molecule has 0 bridgehead atoms. The molecule has 0 aromatic heterocycles. The van der Waals surface area contributed by atoms with Crippen molar-refractivity contribution >= 4 is 11.6 Å². The fraction of sp³-hybridized carbons (Fsp3) is 0.923. The molecule has 2 heterocycles. The predicted molar refractivity (Wildman–Crippen MR) is 127 cm³/mol. The minimum atomic E-state index is -0.500. The normalized spacial score (nSPS) is 27.9. The minimum absolute atomic E-state index is 0.0465. The zero-order valence-electron chi connectivity index (χ0n) is 19.9. The maximum absolute atomic E-state index is 6.13. The molecule has 30 heavy (non-hydrogen) atoms. The second-order valence-electron chi connectivity index (χ2n) is 9.66. The minimum Gasteiger partial charge on any atom is -0.365 e. The van der Waals surface area contributed by atoms with Crippen LogP contribution in [0.15, 0.2) is 12.2 Å². The Morgan fingerprint density at radius 3 is 1.83 bits per heavy atom. The van der Waals surface area contributed by atoms with E-state index in [4.69, 9.17) is 25.8 Å². The van der Waals surface area contributed by atoms with E-state index in [2.05, 4.69) is 19.1 Å². The van der Waals surface area contributed by atoms with Gasteiger partial charge in [0.2, 0.25) is 0 Å². The van der Waals surface area contributed by atoms with E-state index in [1.165, 1.54) is 89.9 Å². The molecule has 4 atom stereocenters. The van der Waals surface area contributed by atoms with Crippen LogP contribution in [0.2, 0.25) is 0 Å². The molecule has 2 aliphatic rings. The van der Waals surface area contributed by atoms with Crippen LogP contribution < -0.4 is 0 Å². The van der Waals surface area contributed by atoms with Crippen molar-refractivity contribution in [1.82, 2.24) is 0 Å². The number of allylic oxidation sites excluding steroid dienone is 2. The van der Waals surface area contributed by atoms with Gasteiger partial charge < -0.3 is 14.2 Å². The van der Waals surface area contributed by atoms with Gasteiger partial charge in [-0.1, -0.05) is 83.3 Å². The molecule has 0 radical (unpaired) electrons. The highest BCUT2D eigenvalue weighted by Crippen LogP contribution is 2.40. The van der Waals surface area contributed by atoms with Crippen LogP contribution in [0.1, 0.15) is 117 Å². The molecule has 0 N–H and O–H groups in total. The fourth-order valence-electron chi connectivity index (χ4n) is 4.53. The topological polar surface area (TPSA) is 31.0 Å². The summed E-state index contributed by atoms with van der Waals surface area (Å²) in [6.07, 6.45) is 25.1. The third-order valence-electron chi connectivity index (χ3n) is 6.32. The van der Waals surface area contributed by atoms with Gasteiger partial charge in [-0.3, -0.25) is 0 Å². The van der Waals surface area contributed by atoms with E-state index in [-0.39, 0.29) is 24.4 Å². The first-order valence-electron chi connectivity index (χ1n) is 12.8. The van der Waals surface area contributed by atoms with Crippen molar-refractivity contribution in [2.75, 3.05) is 5.88 Å². The summed E-state index contributed by atoms with van der Waals surface area (Å²) in [5.41, 5.74) is 0. The average Bonchev–Trinajstić information content (AvgIpc) is 3.44. The monoisotopic (exact) mass is 442 g/mol. The Morgan fingerprint density at radius 2 is 1.27 bits per heavy atom. The fourth-order valence-corrected chi connectivity index (χ4v) is 4.78. The Morgan fingerprint density at radius 1 is 0.700 bits per heavy atom. The molecule has 176 valence electrons. The average molecular weight is 443 g/mol. The molecule has 3 nitrogen and oxygen atoms in total.